The molecule has 0 radical (unpaired) electrons. The van der Waals surface area contributed by atoms with Crippen LogP contribution < -0.4 is 9.05 Å². The lowest BCUT2D eigenvalue weighted by Crippen LogP contribution is -2.17. The summed E-state index contributed by atoms with van der Waals surface area (Å²) in [6.07, 6.45) is 0. The zero-order valence-corrected chi connectivity index (χ0v) is 47.4. The van der Waals surface area contributed by atoms with Gasteiger partial charge in [0, 0.05) is 11.1 Å². The maximum atomic E-state index is 12.4. The maximum absolute atomic E-state index is 12.4. The first-order valence-corrected chi connectivity index (χ1v) is 33.4. The number of benzene rings is 2. The first-order chi connectivity index (χ1) is 30.3. The highest BCUT2D eigenvalue weighted by atomic mass is 31.3. The Balaban J connectivity index is 0.000000700. The van der Waals surface area contributed by atoms with Gasteiger partial charge in [0.25, 0.3) is 0 Å². The molecule has 8 atom stereocenters. The molecule has 0 bridgehead atoms. The van der Waals surface area contributed by atoms with E-state index in [-0.39, 0.29) is 22.3 Å². The molecule has 0 fully saturated rings. The van der Waals surface area contributed by atoms with Gasteiger partial charge in [-0.1, -0.05) is 107 Å². The predicted octanol–water partition coefficient (Wildman–Crippen LogP) is 8.44. The van der Waals surface area contributed by atoms with E-state index < -0.39 is 89.1 Å². The lowest BCUT2D eigenvalue weighted by Gasteiger charge is -2.28. The van der Waals surface area contributed by atoms with Crippen molar-refractivity contribution in [3.8, 4) is 11.5 Å². The molecule has 0 aliphatic rings. The molecule has 408 valence electrons. The molecule has 0 spiro atoms. The second-order valence-corrected chi connectivity index (χ2v) is 33.0. The molecule has 70 heavy (non-hydrogen) atoms. The topological polar surface area (TPSA) is 506 Å². The van der Waals surface area contributed by atoms with Gasteiger partial charge in [0.2, 0.25) is 0 Å². The van der Waals surface area contributed by atoms with E-state index in [1.165, 1.54) is 12.1 Å². The van der Waals surface area contributed by atoms with Gasteiger partial charge >= 0.3 is 78.2 Å². The van der Waals surface area contributed by atoms with Gasteiger partial charge in [0.1, 0.15) is 11.5 Å². The molecule has 42 heteroatoms. The van der Waals surface area contributed by atoms with Gasteiger partial charge in [-0.05, 0) is 44.9 Å². The van der Waals surface area contributed by atoms with Crippen LogP contribution in [-0.2, 0) is 102 Å². The molecule has 0 amide bonds. The summed E-state index contributed by atoms with van der Waals surface area (Å²) in [5.41, 5.74) is 0.479. The standard InChI is InChI=1S/2C14H27O16P5/c2*1-13(2,3)10-7-8-12(11(9-10)14(4,5)6)26-32(18,19)28-34(22,23)30-35(24,25)29-33(20,21)27-31(15,16)17/h2*7-9H,1-6H3,(H,18,19)(H,20,21)(H,22,23)(H,24,25)(H2,15,16,17). The van der Waals surface area contributed by atoms with Gasteiger partial charge in [0.15, 0.2) is 0 Å². The van der Waals surface area contributed by atoms with Crippen LogP contribution in [0.5, 0.6) is 11.5 Å². The van der Waals surface area contributed by atoms with Gasteiger partial charge < -0.3 is 58.0 Å². The zero-order chi connectivity index (χ0) is 55.8. The van der Waals surface area contributed by atoms with Crippen molar-refractivity contribution in [3.05, 3.63) is 58.7 Å². The summed E-state index contributed by atoms with van der Waals surface area (Å²) < 4.78 is 154. The monoisotopic (exact) mass is 1210 g/mol. The summed E-state index contributed by atoms with van der Waals surface area (Å²) >= 11 is 0. The van der Waals surface area contributed by atoms with Crippen LogP contribution in [0.3, 0.4) is 0 Å². The normalized spacial score (nSPS) is 20.2. The van der Waals surface area contributed by atoms with Crippen LogP contribution >= 0.6 is 78.2 Å². The molecule has 0 saturated heterocycles. The average molecular weight is 1210 g/mol. The molecule has 12 N–H and O–H groups in total. The van der Waals surface area contributed by atoms with Crippen LogP contribution in [0.2, 0.25) is 0 Å². The number of hydrogen-bond acceptors (Lipinski definition) is 20. The second-order valence-electron chi connectivity index (χ2n) is 18.0. The molecule has 0 saturated carbocycles. The van der Waals surface area contributed by atoms with Crippen LogP contribution in [0, 0.1) is 0 Å². The summed E-state index contributed by atoms with van der Waals surface area (Å²) in [6.45, 7) is 22.0. The minimum absolute atomic E-state index is 0.241. The Kier molecular flexibility index (Phi) is 21.8. The van der Waals surface area contributed by atoms with Crippen LogP contribution in [0.1, 0.15) is 105 Å². The number of rotatable bonds is 20. The van der Waals surface area contributed by atoms with Gasteiger partial charge in [-0.3, -0.25) is 9.79 Å². The first kappa shape index (κ1) is 67.6. The number of phosphoric acid groups is 10. The molecule has 32 nitrogen and oxygen atoms in total. The Labute approximate surface area is 399 Å². The number of phosphoric ester groups is 2. The van der Waals surface area contributed by atoms with Crippen molar-refractivity contribution in [1.29, 1.82) is 0 Å². The second kappa shape index (κ2) is 22.6. The first-order valence-electron chi connectivity index (χ1n) is 18.4. The van der Waals surface area contributed by atoms with Crippen molar-refractivity contribution in [2.75, 3.05) is 0 Å². The number of hydrogen-bond donors (Lipinski definition) is 12. The van der Waals surface area contributed by atoms with Crippen molar-refractivity contribution in [1.82, 2.24) is 0 Å². The van der Waals surface area contributed by atoms with Gasteiger partial charge in [-0.25, -0.2) is 45.7 Å². The minimum atomic E-state index is -6.16. The van der Waals surface area contributed by atoms with E-state index in [9.17, 15) is 75.0 Å². The van der Waals surface area contributed by atoms with Crippen molar-refractivity contribution in [3.63, 3.8) is 0 Å². The van der Waals surface area contributed by atoms with Crippen LogP contribution in [0.25, 0.3) is 0 Å². The molecule has 0 aliphatic carbocycles. The van der Waals surface area contributed by atoms with Crippen LogP contribution in [0.4, 0.5) is 0 Å². The van der Waals surface area contributed by atoms with Crippen molar-refractivity contribution < 1.29 is 148 Å². The molecular formula is C28H54O32P10. The summed E-state index contributed by atoms with van der Waals surface area (Å²) in [7, 11) is -59.1. The molecule has 0 aromatic heterocycles. The fraction of sp³-hybridized carbons (Fsp3) is 0.571. The van der Waals surface area contributed by atoms with Gasteiger partial charge in [-0.15, -0.1) is 0 Å². The van der Waals surface area contributed by atoms with E-state index in [1.54, 1.807) is 65.8 Å². The smallest absolute Gasteiger partial charge is 0.404 e. The molecule has 0 aliphatic heterocycles. The highest BCUT2D eigenvalue weighted by molar-refractivity contribution is 7.72. The van der Waals surface area contributed by atoms with Gasteiger partial charge in [0.05, 0.1) is 0 Å². The lowest BCUT2D eigenvalue weighted by atomic mass is 9.80. The van der Waals surface area contributed by atoms with Crippen molar-refractivity contribution >= 4 is 78.2 Å². The summed E-state index contributed by atoms with van der Waals surface area (Å²) in [4.78, 5) is 110. The Morgan fingerprint density at radius 3 is 0.686 bits per heavy atom. The maximum Gasteiger partial charge on any atom is 0.536 e. The SMILES string of the molecule is CC(C)(C)c1ccc(OP(=O)(O)OP(=O)(O)OP(=O)(O)OP(=O)(O)OP(=O)(O)O)c(C(C)(C)C)c1.CC(C)(C)c1ccc(OP(=O)(O)OP(=O)(O)OP(=O)(O)OP(=O)(O)OP(=O)(O)O)c(C(C)(C)C)c1. The third-order valence-electron chi connectivity index (χ3n) is 7.39. The Morgan fingerprint density at radius 2 is 0.500 bits per heavy atom. The summed E-state index contributed by atoms with van der Waals surface area (Å²) in [5.74, 6) is -0.482. The van der Waals surface area contributed by atoms with Gasteiger partial charge in [-0.2, -0.15) is 34.5 Å². The largest absolute Gasteiger partial charge is 0.536 e. The predicted molar refractivity (Wildman–Crippen MR) is 240 cm³/mol. The van der Waals surface area contributed by atoms with E-state index in [0.29, 0.717) is 11.1 Å². The highest BCUT2D eigenvalue weighted by Gasteiger charge is 2.50. The fourth-order valence-electron chi connectivity index (χ4n) is 4.75. The highest BCUT2D eigenvalue weighted by Crippen LogP contribution is 2.75. The van der Waals surface area contributed by atoms with Crippen molar-refractivity contribution in [2.45, 2.75) is 105 Å². The third-order valence-corrected chi connectivity index (χ3v) is 21.5. The van der Waals surface area contributed by atoms with Crippen LogP contribution in [0.15, 0.2) is 36.4 Å². The minimum Gasteiger partial charge on any atom is -0.404 e. The van der Waals surface area contributed by atoms with E-state index in [2.05, 4.69) is 34.5 Å². The third kappa shape index (κ3) is 25.9. The molecule has 8 unspecified atom stereocenters. The molecule has 2 aromatic carbocycles. The summed E-state index contributed by atoms with van der Waals surface area (Å²) in [5, 5.41) is 0. The molecule has 0 heterocycles. The zero-order valence-electron chi connectivity index (χ0n) is 38.5. The van der Waals surface area contributed by atoms with Crippen LogP contribution in [-0.4, -0.2) is 58.7 Å². The quantitative estimate of drug-likeness (QED) is 0.0553. The Hall–Kier alpha value is -0.460. The lowest BCUT2D eigenvalue weighted by molar-refractivity contribution is 0.180. The molecular weight excluding hydrogens is 1160 g/mol. The Bertz CT molecular complexity index is 2530. The van der Waals surface area contributed by atoms with E-state index in [1.807, 2.05) is 41.5 Å². The molecule has 2 aromatic rings. The fourth-order valence-corrected chi connectivity index (χ4v) is 16.6. The average Bonchev–Trinajstić information content (AvgIpc) is 2.96. The van der Waals surface area contributed by atoms with E-state index in [4.69, 9.17) is 38.4 Å². The van der Waals surface area contributed by atoms with E-state index in [0.717, 1.165) is 11.1 Å². The van der Waals surface area contributed by atoms with E-state index >= 15 is 0 Å². The molecule has 2 rings (SSSR count). The Morgan fingerprint density at radius 1 is 0.300 bits per heavy atom. The van der Waals surface area contributed by atoms with Crippen molar-refractivity contribution in [2.24, 2.45) is 0 Å². The summed E-state index contributed by atoms with van der Waals surface area (Å²) in [6, 6.07) is 9.10.